The molecule has 0 aromatic heterocycles. The Labute approximate surface area is 206 Å². The van der Waals surface area contributed by atoms with Gasteiger partial charge >= 0.3 is 0 Å². The molecule has 35 heavy (non-hydrogen) atoms. The van der Waals surface area contributed by atoms with E-state index in [1.165, 1.54) is 5.56 Å². The van der Waals surface area contributed by atoms with Gasteiger partial charge in [0.15, 0.2) is 6.61 Å². The summed E-state index contributed by atoms with van der Waals surface area (Å²) < 4.78 is 11.5. The fourth-order valence-corrected chi connectivity index (χ4v) is 4.03. The molecule has 0 aliphatic carbocycles. The molecule has 0 atom stereocenters. The van der Waals surface area contributed by atoms with Gasteiger partial charge in [0.05, 0.1) is 12.3 Å². The molecular weight excluding hydrogens is 440 g/mol. The summed E-state index contributed by atoms with van der Waals surface area (Å²) in [6.45, 7) is 5.25. The van der Waals surface area contributed by atoms with Gasteiger partial charge in [0.25, 0.3) is 5.91 Å². The predicted octanol–water partition coefficient (Wildman–Crippen LogP) is 5.46. The fraction of sp³-hybridized carbons (Fsp3) is 0.310. The van der Waals surface area contributed by atoms with Crippen molar-refractivity contribution in [1.29, 1.82) is 0 Å². The number of fused-ring (bicyclic) bond motifs is 1. The predicted molar refractivity (Wildman–Crippen MR) is 138 cm³/mol. The van der Waals surface area contributed by atoms with Crippen LogP contribution in [0.3, 0.4) is 0 Å². The number of rotatable bonds is 10. The molecule has 1 heterocycles. The van der Waals surface area contributed by atoms with Gasteiger partial charge in [-0.05, 0) is 68.5 Å². The Hall–Kier alpha value is -3.80. The Morgan fingerprint density at radius 3 is 2.63 bits per heavy atom. The van der Waals surface area contributed by atoms with E-state index in [0.29, 0.717) is 43.1 Å². The van der Waals surface area contributed by atoms with Crippen molar-refractivity contribution in [1.82, 2.24) is 0 Å². The summed E-state index contributed by atoms with van der Waals surface area (Å²) in [6, 6.07) is 21.6. The number of amides is 2. The van der Waals surface area contributed by atoms with Crippen molar-refractivity contribution in [2.24, 2.45) is 0 Å². The largest absolute Gasteiger partial charge is 0.493 e. The Balaban J connectivity index is 1.31. The molecule has 0 saturated carbocycles. The lowest BCUT2D eigenvalue weighted by Gasteiger charge is -2.30. The molecule has 0 radical (unpaired) electrons. The van der Waals surface area contributed by atoms with Crippen LogP contribution < -0.4 is 19.7 Å². The first-order valence-corrected chi connectivity index (χ1v) is 12.1. The highest BCUT2D eigenvalue weighted by Crippen LogP contribution is 2.35. The van der Waals surface area contributed by atoms with E-state index >= 15 is 0 Å². The van der Waals surface area contributed by atoms with Gasteiger partial charge in [-0.15, -0.1) is 0 Å². The van der Waals surface area contributed by atoms with Crippen molar-refractivity contribution >= 4 is 23.2 Å². The van der Waals surface area contributed by atoms with Crippen molar-refractivity contribution in [2.45, 2.75) is 39.5 Å². The number of nitrogens with zero attached hydrogens (tertiary/aromatic N) is 1. The molecular formula is C29H32N2O4. The van der Waals surface area contributed by atoms with Crippen molar-refractivity contribution in [3.05, 3.63) is 83.4 Å². The van der Waals surface area contributed by atoms with Gasteiger partial charge in [0, 0.05) is 18.7 Å². The Kier molecular flexibility index (Phi) is 8.03. The molecule has 182 valence electrons. The third kappa shape index (κ3) is 6.63. The summed E-state index contributed by atoms with van der Waals surface area (Å²) in [4.78, 5) is 26.8. The second-order valence-electron chi connectivity index (χ2n) is 8.87. The normalized spacial score (nSPS) is 12.6. The van der Waals surface area contributed by atoms with E-state index < -0.39 is 0 Å². The Bertz CT molecular complexity index is 1170. The lowest BCUT2D eigenvalue weighted by molar-refractivity contribution is -0.121. The fourth-order valence-electron chi connectivity index (χ4n) is 4.03. The molecule has 0 saturated heterocycles. The maximum absolute atomic E-state index is 12.6. The smallest absolute Gasteiger partial charge is 0.265 e. The first kappa shape index (κ1) is 24.3. The number of carbonyl (C=O) groups is 2. The first-order chi connectivity index (χ1) is 17.0. The number of ether oxygens (including phenoxy) is 2. The summed E-state index contributed by atoms with van der Waals surface area (Å²) in [5.74, 6) is 1.40. The van der Waals surface area contributed by atoms with E-state index in [2.05, 4.69) is 17.4 Å². The first-order valence-electron chi connectivity index (χ1n) is 12.1. The van der Waals surface area contributed by atoms with E-state index in [9.17, 15) is 9.59 Å². The number of anilines is 2. The molecule has 6 nitrogen and oxygen atoms in total. The summed E-state index contributed by atoms with van der Waals surface area (Å²) in [6.07, 6.45) is 2.68. The van der Waals surface area contributed by atoms with Crippen molar-refractivity contribution in [3.8, 4) is 11.5 Å². The van der Waals surface area contributed by atoms with Crippen molar-refractivity contribution < 1.29 is 19.1 Å². The molecule has 1 aliphatic heterocycles. The Morgan fingerprint density at radius 1 is 1.03 bits per heavy atom. The molecule has 0 fully saturated rings. The number of aryl methyl sites for hydroxylation is 3. The van der Waals surface area contributed by atoms with E-state index in [0.717, 1.165) is 29.7 Å². The molecule has 3 aromatic rings. The molecule has 1 N–H and O–H groups in total. The minimum Gasteiger partial charge on any atom is -0.493 e. The van der Waals surface area contributed by atoms with E-state index in [-0.39, 0.29) is 18.4 Å². The standard InChI is InChI=1S/C29H32N2O4/c1-21-9-11-23(12-10-21)13-16-28(32)30-24-14-15-27-25(19-24)31(29(33)20-35-27)17-5-6-18-34-26-8-4-3-7-22(26)2/h3-4,7-12,14-15,19H,5-6,13,16-18,20H2,1-2H3,(H,30,32). The lowest BCUT2D eigenvalue weighted by atomic mass is 10.1. The molecule has 3 aromatic carbocycles. The summed E-state index contributed by atoms with van der Waals surface area (Å²) >= 11 is 0. The molecule has 0 spiro atoms. The van der Waals surface area contributed by atoms with Crippen LogP contribution in [0, 0.1) is 13.8 Å². The number of benzene rings is 3. The minimum atomic E-state index is -0.0832. The number of unbranched alkanes of at least 4 members (excludes halogenated alkanes) is 1. The molecule has 4 rings (SSSR count). The van der Waals surface area contributed by atoms with E-state index in [1.54, 1.807) is 4.90 Å². The topological polar surface area (TPSA) is 67.9 Å². The highest BCUT2D eigenvalue weighted by atomic mass is 16.5. The van der Waals surface area contributed by atoms with Gasteiger partial charge in [0.1, 0.15) is 11.5 Å². The number of para-hydroxylation sites is 1. The van der Waals surface area contributed by atoms with Crippen LogP contribution in [0.25, 0.3) is 0 Å². The van der Waals surface area contributed by atoms with Gasteiger partial charge in [-0.3, -0.25) is 9.59 Å². The lowest BCUT2D eigenvalue weighted by Crippen LogP contribution is -2.39. The summed E-state index contributed by atoms with van der Waals surface area (Å²) in [5.41, 5.74) is 4.79. The van der Waals surface area contributed by atoms with Crippen LogP contribution in [-0.4, -0.2) is 31.6 Å². The summed E-state index contributed by atoms with van der Waals surface area (Å²) in [5, 5.41) is 2.96. The van der Waals surface area contributed by atoms with Crippen LogP contribution in [-0.2, 0) is 16.0 Å². The van der Waals surface area contributed by atoms with Crippen LogP contribution >= 0.6 is 0 Å². The number of hydrogen-bond donors (Lipinski definition) is 1. The average molecular weight is 473 g/mol. The second-order valence-corrected chi connectivity index (χ2v) is 8.87. The van der Waals surface area contributed by atoms with Crippen molar-refractivity contribution in [3.63, 3.8) is 0 Å². The van der Waals surface area contributed by atoms with Crippen LogP contribution in [0.2, 0.25) is 0 Å². The zero-order valence-electron chi connectivity index (χ0n) is 20.4. The highest BCUT2D eigenvalue weighted by Gasteiger charge is 2.25. The van der Waals surface area contributed by atoms with Crippen LogP contribution in [0.15, 0.2) is 66.7 Å². The van der Waals surface area contributed by atoms with E-state index in [1.807, 2.05) is 68.4 Å². The van der Waals surface area contributed by atoms with E-state index in [4.69, 9.17) is 9.47 Å². The van der Waals surface area contributed by atoms with Gasteiger partial charge in [-0.25, -0.2) is 0 Å². The van der Waals surface area contributed by atoms with Crippen LogP contribution in [0.4, 0.5) is 11.4 Å². The average Bonchev–Trinajstić information content (AvgIpc) is 2.86. The highest BCUT2D eigenvalue weighted by molar-refractivity contribution is 5.99. The zero-order valence-corrected chi connectivity index (χ0v) is 20.4. The zero-order chi connectivity index (χ0) is 24.6. The second kappa shape index (κ2) is 11.6. The monoisotopic (exact) mass is 472 g/mol. The van der Waals surface area contributed by atoms with Crippen LogP contribution in [0.5, 0.6) is 11.5 Å². The summed E-state index contributed by atoms with van der Waals surface area (Å²) in [7, 11) is 0. The molecule has 0 bridgehead atoms. The van der Waals surface area contributed by atoms with Crippen molar-refractivity contribution in [2.75, 3.05) is 30.0 Å². The van der Waals surface area contributed by atoms with Gasteiger partial charge in [0.2, 0.25) is 5.91 Å². The SMILES string of the molecule is Cc1ccc(CCC(=O)Nc2ccc3c(c2)N(CCCCOc2ccccc2C)C(=O)CO3)cc1. The Morgan fingerprint density at radius 2 is 1.83 bits per heavy atom. The molecule has 0 unspecified atom stereocenters. The quantitative estimate of drug-likeness (QED) is 0.398. The van der Waals surface area contributed by atoms with Gasteiger partial charge in [-0.1, -0.05) is 48.0 Å². The minimum absolute atomic E-state index is 0.0228. The third-order valence-electron chi connectivity index (χ3n) is 6.07. The van der Waals surface area contributed by atoms with Crippen LogP contribution in [0.1, 0.15) is 36.0 Å². The van der Waals surface area contributed by atoms with Gasteiger partial charge in [-0.2, -0.15) is 0 Å². The maximum atomic E-state index is 12.6. The number of hydrogen-bond acceptors (Lipinski definition) is 4. The number of carbonyl (C=O) groups excluding carboxylic acids is 2. The molecule has 1 aliphatic rings. The molecule has 6 heteroatoms. The van der Waals surface area contributed by atoms with Gasteiger partial charge < -0.3 is 19.7 Å². The number of nitrogens with one attached hydrogen (secondary N) is 1. The molecule has 2 amide bonds. The maximum Gasteiger partial charge on any atom is 0.265 e. The third-order valence-corrected chi connectivity index (χ3v) is 6.07.